The Morgan fingerprint density at radius 2 is 1.97 bits per heavy atom. The maximum Gasteiger partial charge on any atom is 0.213 e. The minimum atomic E-state index is -0.0490. The molecule has 1 aromatic heterocycles. The maximum absolute atomic E-state index is 6.46. The van der Waals surface area contributed by atoms with Gasteiger partial charge in [-0.2, -0.15) is 0 Å². The molecule has 7 heteroatoms. The lowest BCUT2D eigenvalue weighted by molar-refractivity contribution is 0.0396. The van der Waals surface area contributed by atoms with Gasteiger partial charge in [-0.15, -0.1) is 24.0 Å². The lowest BCUT2D eigenvalue weighted by atomic mass is 9.86. The number of hydrogen-bond donors (Lipinski definition) is 2. The number of guanidine groups is 1. The van der Waals surface area contributed by atoms with Crippen molar-refractivity contribution in [2.45, 2.75) is 76.5 Å². The van der Waals surface area contributed by atoms with Crippen LogP contribution in [0.4, 0.5) is 0 Å². The van der Waals surface area contributed by atoms with Crippen LogP contribution in [0.1, 0.15) is 76.1 Å². The fraction of sp³-hybridized carbons (Fsp3) is 0.565. The van der Waals surface area contributed by atoms with E-state index in [9.17, 15) is 0 Å². The number of halogens is 1. The summed E-state index contributed by atoms with van der Waals surface area (Å²) < 4.78 is 12.4. The molecule has 1 saturated carbocycles. The molecule has 1 aliphatic heterocycles. The smallest absolute Gasteiger partial charge is 0.213 e. The standard InChI is InChI=1S/C23H32N4O2.HI/c1-22(2,3)19-14-25-20(28-19)15-26-21(24-4)27-17-13-23(11-7-8-12-23)29-18-10-6-5-9-16(17)18;/h5-6,9-10,14,17H,7-8,11-13,15H2,1-4H3,(H2,24,26,27);1H. The van der Waals surface area contributed by atoms with Crippen molar-refractivity contribution < 1.29 is 9.15 Å². The first-order chi connectivity index (χ1) is 13.9. The highest BCUT2D eigenvalue weighted by Gasteiger charge is 2.43. The molecule has 1 aliphatic carbocycles. The van der Waals surface area contributed by atoms with Crippen molar-refractivity contribution in [1.29, 1.82) is 0 Å². The second-order valence-electron chi connectivity index (χ2n) is 9.23. The number of hydrogen-bond acceptors (Lipinski definition) is 4. The van der Waals surface area contributed by atoms with E-state index in [4.69, 9.17) is 9.15 Å². The first-order valence-electron chi connectivity index (χ1n) is 10.6. The monoisotopic (exact) mass is 524 g/mol. The summed E-state index contributed by atoms with van der Waals surface area (Å²) in [4.78, 5) is 8.82. The molecule has 4 rings (SSSR count). The topological polar surface area (TPSA) is 71.7 Å². The molecule has 0 saturated heterocycles. The highest BCUT2D eigenvalue weighted by molar-refractivity contribution is 14.0. The van der Waals surface area contributed by atoms with Crippen LogP contribution in [0.2, 0.25) is 0 Å². The summed E-state index contributed by atoms with van der Waals surface area (Å²) in [5, 5.41) is 6.96. The van der Waals surface area contributed by atoms with Crippen LogP contribution >= 0.6 is 24.0 Å². The van der Waals surface area contributed by atoms with Gasteiger partial charge in [0.15, 0.2) is 5.96 Å². The fourth-order valence-corrected chi connectivity index (χ4v) is 4.33. The molecule has 164 valence electrons. The van der Waals surface area contributed by atoms with E-state index < -0.39 is 0 Å². The molecule has 1 spiro atoms. The highest BCUT2D eigenvalue weighted by atomic mass is 127. The van der Waals surface area contributed by atoms with E-state index in [-0.39, 0.29) is 41.0 Å². The zero-order valence-electron chi connectivity index (χ0n) is 18.3. The number of nitrogens with one attached hydrogen (secondary N) is 2. The molecule has 6 nitrogen and oxygen atoms in total. The average Bonchev–Trinajstić information content (AvgIpc) is 3.34. The number of aliphatic imine (C=N–C) groups is 1. The number of rotatable bonds is 3. The predicted octanol–water partition coefficient (Wildman–Crippen LogP) is 5.09. The third kappa shape index (κ3) is 4.92. The summed E-state index contributed by atoms with van der Waals surface area (Å²) in [7, 11) is 1.79. The van der Waals surface area contributed by atoms with Gasteiger partial charge in [-0.3, -0.25) is 4.99 Å². The first-order valence-corrected chi connectivity index (χ1v) is 10.6. The molecule has 1 fully saturated rings. The predicted molar refractivity (Wildman–Crippen MR) is 130 cm³/mol. The number of nitrogens with zero attached hydrogens (tertiary/aromatic N) is 2. The highest BCUT2D eigenvalue weighted by Crippen LogP contribution is 2.46. The van der Waals surface area contributed by atoms with Gasteiger partial charge in [-0.25, -0.2) is 4.98 Å². The van der Waals surface area contributed by atoms with E-state index in [2.05, 4.69) is 59.6 Å². The molecule has 0 amide bonds. The Balaban J connectivity index is 0.00000256. The van der Waals surface area contributed by atoms with E-state index in [0.29, 0.717) is 12.4 Å². The second kappa shape index (κ2) is 9.16. The third-order valence-electron chi connectivity index (χ3n) is 5.95. The third-order valence-corrected chi connectivity index (χ3v) is 5.95. The number of oxazole rings is 1. The van der Waals surface area contributed by atoms with E-state index in [1.165, 1.54) is 18.4 Å². The molecule has 2 aromatic rings. The molecular formula is C23H33IN4O2. The summed E-state index contributed by atoms with van der Waals surface area (Å²) >= 11 is 0. The minimum absolute atomic E-state index is 0. The maximum atomic E-state index is 6.46. The van der Waals surface area contributed by atoms with Crippen molar-refractivity contribution in [3.63, 3.8) is 0 Å². The SMILES string of the molecule is CN=C(NCc1ncc(C(C)(C)C)o1)NC1CC2(CCCC2)Oc2ccccc21.I. The Kier molecular flexibility index (Phi) is 6.99. The van der Waals surface area contributed by atoms with Crippen molar-refractivity contribution in [3.8, 4) is 5.75 Å². The van der Waals surface area contributed by atoms with E-state index in [1.54, 1.807) is 7.05 Å². The lowest BCUT2D eigenvalue weighted by Gasteiger charge is -2.40. The Hall–Kier alpha value is -1.77. The quantitative estimate of drug-likeness (QED) is 0.333. The molecule has 1 atom stereocenters. The van der Waals surface area contributed by atoms with Crippen LogP contribution in [-0.4, -0.2) is 23.6 Å². The molecule has 1 aromatic carbocycles. The lowest BCUT2D eigenvalue weighted by Crippen LogP contribution is -2.46. The van der Waals surface area contributed by atoms with Crippen molar-refractivity contribution in [3.05, 3.63) is 47.7 Å². The largest absolute Gasteiger partial charge is 0.487 e. The molecule has 0 radical (unpaired) electrons. The van der Waals surface area contributed by atoms with Crippen LogP contribution in [0, 0.1) is 0 Å². The molecule has 1 unspecified atom stereocenters. The fourth-order valence-electron chi connectivity index (χ4n) is 4.33. The van der Waals surface area contributed by atoms with Crippen molar-refractivity contribution in [2.24, 2.45) is 4.99 Å². The van der Waals surface area contributed by atoms with E-state index in [0.717, 1.165) is 36.7 Å². The van der Waals surface area contributed by atoms with Gasteiger partial charge in [0.05, 0.1) is 18.8 Å². The first kappa shape index (κ1) is 22.9. The van der Waals surface area contributed by atoms with Crippen molar-refractivity contribution >= 4 is 29.9 Å². The molecule has 30 heavy (non-hydrogen) atoms. The number of para-hydroxylation sites is 1. The van der Waals surface area contributed by atoms with Crippen LogP contribution in [0.15, 0.2) is 39.9 Å². The number of fused-ring (bicyclic) bond motifs is 1. The molecule has 2 N–H and O–H groups in total. The molecule has 0 bridgehead atoms. The number of benzene rings is 1. The summed E-state index contributed by atoms with van der Waals surface area (Å²) in [6.45, 7) is 6.84. The number of aromatic nitrogens is 1. The van der Waals surface area contributed by atoms with Crippen LogP contribution in [0.3, 0.4) is 0 Å². The summed E-state index contributed by atoms with van der Waals surface area (Å²) in [6, 6.07) is 8.51. The van der Waals surface area contributed by atoms with Gasteiger partial charge in [-0.05, 0) is 31.7 Å². The van der Waals surface area contributed by atoms with Crippen molar-refractivity contribution in [1.82, 2.24) is 15.6 Å². The molecule has 2 heterocycles. The second-order valence-corrected chi connectivity index (χ2v) is 9.23. The minimum Gasteiger partial charge on any atom is -0.487 e. The summed E-state index contributed by atoms with van der Waals surface area (Å²) in [5.74, 6) is 3.29. The normalized spacial score (nSPS) is 20.3. The van der Waals surface area contributed by atoms with Gasteiger partial charge in [0.25, 0.3) is 0 Å². The molecule has 2 aliphatic rings. The average molecular weight is 524 g/mol. The zero-order valence-corrected chi connectivity index (χ0v) is 20.7. The summed E-state index contributed by atoms with van der Waals surface area (Å²) in [5.41, 5.74) is 1.10. The van der Waals surface area contributed by atoms with Gasteiger partial charge < -0.3 is 19.8 Å². The number of ether oxygens (including phenoxy) is 1. The van der Waals surface area contributed by atoms with E-state index >= 15 is 0 Å². The van der Waals surface area contributed by atoms with Crippen LogP contribution in [-0.2, 0) is 12.0 Å². The Morgan fingerprint density at radius 1 is 1.23 bits per heavy atom. The van der Waals surface area contributed by atoms with Gasteiger partial charge in [-0.1, -0.05) is 39.0 Å². The van der Waals surface area contributed by atoms with Gasteiger partial charge in [0, 0.05) is 24.4 Å². The van der Waals surface area contributed by atoms with Crippen LogP contribution < -0.4 is 15.4 Å². The Morgan fingerprint density at radius 3 is 2.63 bits per heavy atom. The van der Waals surface area contributed by atoms with Crippen LogP contribution in [0.25, 0.3) is 0 Å². The zero-order chi connectivity index (χ0) is 20.5. The van der Waals surface area contributed by atoms with Gasteiger partial charge in [0.2, 0.25) is 5.89 Å². The van der Waals surface area contributed by atoms with Gasteiger partial charge >= 0.3 is 0 Å². The Labute approximate surface area is 196 Å². The van der Waals surface area contributed by atoms with Crippen LogP contribution in [0.5, 0.6) is 5.75 Å². The van der Waals surface area contributed by atoms with Gasteiger partial charge in [0.1, 0.15) is 17.1 Å². The van der Waals surface area contributed by atoms with Crippen molar-refractivity contribution in [2.75, 3.05) is 7.05 Å². The van der Waals surface area contributed by atoms with E-state index in [1.807, 2.05) is 12.3 Å². The Bertz CT molecular complexity index is 881. The molecular weight excluding hydrogens is 491 g/mol. The summed E-state index contributed by atoms with van der Waals surface area (Å²) in [6.07, 6.45) is 7.49.